The van der Waals surface area contributed by atoms with E-state index in [1.165, 1.54) is 0 Å². The zero-order valence-electron chi connectivity index (χ0n) is 25.1. The largest absolute Gasteiger partial charge is 0.484 e. The summed E-state index contributed by atoms with van der Waals surface area (Å²) in [5.74, 6) is 0.929. The molecular formula is C34H35N3O7S. The number of nitrogens with zero attached hydrogens (tertiary/aromatic N) is 1. The molecule has 234 valence electrons. The van der Waals surface area contributed by atoms with Crippen molar-refractivity contribution in [1.29, 1.82) is 0 Å². The number of benzene rings is 4. The van der Waals surface area contributed by atoms with Gasteiger partial charge in [0.2, 0.25) is 10.0 Å². The quantitative estimate of drug-likeness (QED) is 0.194. The maximum Gasteiger partial charge on any atom is 0.328 e. The Morgan fingerprint density at radius 1 is 0.867 bits per heavy atom. The highest BCUT2D eigenvalue weighted by Gasteiger charge is 2.27. The lowest BCUT2D eigenvalue weighted by molar-refractivity contribution is -0.141. The van der Waals surface area contributed by atoms with Crippen LogP contribution in [0, 0.1) is 6.92 Å². The minimum Gasteiger partial charge on any atom is -0.484 e. The van der Waals surface area contributed by atoms with Gasteiger partial charge < -0.3 is 24.4 Å². The van der Waals surface area contributed by atoms with Gasteiger partial charge in [0.05, 0.1) is 18.6 Å². The van der Waals surface area contributed by atoms with Crippen molar-refractivity contribution in [2.45, 2.75) is 32.5 Å². The number of ether oxygens (including phenoxy) is 3. The summed E-state index contributed by atoms with van der Waals surface area (Å²) in [6.45, 7) is 3.22. The van der Waals surface area contributed by atoms with Crippen LogP contribution in [-0.2, 0) is 37.4 Å². The van der Waals surface area contributed by atoms with E-state index in [4.69, 9.17) is 14.2 Å². The number of sulfonamides is 1. The highest BCUT2D eigenvalue weighted by Crippen LogP contribution is 2.31. The third-order valence-corrected chi connectivity index (χ3v) is 7.74. The van der Waals surface area contributed by atoms with Crippen molar-refractivity contribution in [3.8, 4) is 17.2 Å². The molecule has 1 heterocycles. The van der Waals surface area contributed by atoms with Crippen molar-refractivity contribution in [2.24, 2.45) is 0 Å². The number of hydrogen-bond donors (Lipinski definition) is 2. The maximum atomic E-state index is 12.1. The van der Waals surface area contributed by atoms with Gasteiger partial charge in [-0.25, -0.2) is 13.2 Å². The van der Waals surface area contributed by atoms with Gasteiger partial charge in [-0.05, 0) is 72.1 Å². The highest BCUT2D eigenvalue weighted by atomic mass is 32.2. The van der Waals surface area contributed by atoms with Crippen molar-refractivity contribution in [2.75, 3.05) is 29.1 Å². The molecule has 0 bridgehead atoms. The summed E-state index contributed by atoms with van der Waals surface area (Å²) in [6.07, 6.45) is 1.61. The summed E-state index contributed by atoms with van der Waals surface area (Å²) in [5.41, 5.74) is 4.49. The SMILES string of the molecule is Cc1c(NS(C)(=O)=O)cccc1N(Cc1ccccc1)Cc1ccc(Oc2ccc(OCC(=O)NC3CCOC3=O)cc2)cc1. The highest BCUT2D eigenvalue weighted by molar-refractivity contribution is 7.92. The topological polar surface area (TPSA) is 123 Å². The van der Waals surface area contributed by atoms with Gasteiger partial charge in [0.25, 0.3) is 5.91 Å². The molecule has 2 N–H and O–H groups in total. The Labute approximate surface area is 263 Å². The van der Waals surface area contributed by atoms with E-state index in [2.05, 4.69) is 27.1 Å². The molecular weight excluding hydrogens is 594 g/mol. The van der Waals surface area contributed by atoms with Crippen molar-refractivity contribution >= 4 is 33.3 Å². The van der Waals surface area contributed by atoms with E-state index in [9.17, 15) is 18.0 Å². The number of esters is 1. The van der Waals surface area contributed by atoms with Crippen molar-refractivity contribution in [1.82, 2.24) is 5.32 Å². The number of anilines is 2. The van der Waals surface area contributed by atoms with Gasteiger partial charge in [-0.2, -0.15) is 0 Å². The molecule has 45 heavy (non-hydrogen) atoms. The Balaban J connectivity index is 1.22. The van der Waals surface area contributed by atoms with Gasteiger partial charge in [-0.3, -0.25) is 9.52 Å². The first-order valence-corrected chi connectivity index (χ1v) is 16.3. The zero-order valence-corrected chi connectivity index (χ0v) is 25.9. The summed E-state index contributed by atoms with van der Waals surface area (Å²) < 4.78 is 42.9. The van der Waals surface area contributed by atoms with Crippen LogP contribution in [-0.4, -0.2) is 45.8 Å². The molecule has 0 aliphatic carbocycles. The van der Waals surface area contributed by atoms with Gasteiger partial charge in [0.1, 0.15) is 23.3 Å². The average molecular weight is 630 g/mol. The summed E-state index contributed by atoms with van der Waals surface area (Å²) in [6, 6.07) is 29.8. The Morgan fingerprint density at radius 3 is 2.11 bits per heavy atom. The lowest BCUT2D eigenvalue weighted by Gasteiger charge is -2.28. The molecule has 10 nitrogen and oxygen atoms in total. The van der Waals surface area contributed by atoms with E-state index in [1.54, 1.807) is 30.3 Å². The Bertz CT molecular complexity index is 1730. The first-order valence-electron chi connectivity index (χ1n) is 14.4. The molecule has 4 aromatic carbocycles. The Hall–Kier alpha value is -5.03. The van der Waals surface area contributed by atoms with Gasteiger partial charge >= 0.3 is 5.97 Å². The van der Waals surface area contributed by atoms with Crippen molar-refractivity contribution in [3.05, 3.63) is 114 Å². The van der Waals surface area contributed by atoms with Crippen LogP contribution in [0.5, 0.6) is 17.2 Å². The van der Waals surface area contributed by atoms with Crippen LogP contribution in [0.15, 0.2) is 97.1 Å². The molecule has 5 rings (SSSR count). The number of cyclic esters (lactones) is 1. The fraction of sp³-hybridized carbons (Fsp3) is 0.235. The fourth-order valence-corrected chi connectivity index (χ4v) is 5.56. The molecule has 0 aromatic heterocycles. The van der Waals surface area contributed by atoms with Gasteiger partial charge in [-0.15, -0.1) is 0 Å². The monoisotopic (exact) mass is 629 g/mol. The smallest absolute Gasteiger partial charge is 0.328 e. The molecule has 0 radical (unpaired) electrons. The number of amides is 1. The van der Waals surface area contributed by atoms with E-state index in [0.29, 0.717) is 49.1 Å². The number of carbonyl (C=O) groups is 2. The minimum atomic E-state index is -3.42. The molecule has 1 atom stereocenters. The summed E-state index contributed by atoms with van der Waals surface area (Å²) >= 11 is 0. The standard InChI is InChI=1S/C34H35N3O7S/c1-24-30(36-45(2,40)41)9-6-10-32(24)37(21-25-7-4-3-5-8-25)22-26-11-13-28(14-12-26)44-29-17-15-27(16-18-29)43-23-33(38)35-31-19-20-42-34(31)39/h3-18,31,36H,19-23H2,1-2H3,(H,35,38). The average Bonchev–Trinajstić information content (AvgIpc) is 3.42. The second-order valence-electron chi connectivity index (χ2n) is 10.7. The molecule has 11 heteroatoms. The summed E-state index contributed by atoms with van der Waals surface area (Å²) in [7, 11) is -3.42. The number of nitrogens with one attached hydrogen (secondary N) is 2. The van der Waals surface area contributed by atoms with E-state index in [1.807, 2.05) is 61.5 Å². The zero-order chi connectivity index (χ0) is 31.8. The Morgan fingerprint density at radius 2 is 1.49 bits per heavy atom. The lowest BCUT2D eigenvalue weighted by Crippen LogP contribution is -2.40. The van der Waals surface area contributed by atoms with Crippen LogP contribution in [0.25, 0.3) is 0 Å². The second-order valence-corrected chi connectivity index (χ2v) is 12.5. The molecule has 1 saturated heterocycles. The van der Waals surface area contributed by atoms with Crippen molar-refractivity contribution in [3.63, 3.8) is 0 Å². The fourth-order valence-electron chi connectivity index (χ4n) is 4.94. The Kier molecular flexibility index (Phi) is 9.89. The summed E-state index contributed by atoms with van der Waals surface area (Å²) in [4.78, 5) is 25.8. The number of carbonyl (C=O) groups excluding carboxylic acids is 2. The second kappa shape index (κ2) is 14.2. The van der Waals surface area contributed by atoms with Gasteiger partial charge in [0, 0.05) is 25.2 Å². The molecule has 4 aromatic rings. The normalized spacial score (nSPS) is 14.4. The van der Waals surface area contributed by atoms with E-state index >= 15 is 0 Å². The number of rotatable bonds is 13. The van der Waals surface area contributed by atoms with E-state index < -0.39 is 27.9 Å². The minimum absolute atomic E-state index is 0.217. The van der Waals surface area contributed by atoms with Crippen LogP contribution in [0.2, 0.25) is 0 Å². The van der Waals surface area contributed by atoms with Crippen molar-refractivity contribution < 1.29 is 32.2 Å². The van der Waals surface area contributed by atoms with Crippen LogP contribution >= 0.6 is 0 Å². The van der Waals surface area contributed by atoms with E-state index in [-0.39, 0.29) is 6.61 Å². The van der Waals surface area contributed by atoms with Crippen LogP contribution in [0.3, 0.4) is 0 Å². The van der Waals surface area contributed by atoms with Gasteiger partial charge in [-0.1, -0.05) is 48.5 Å². The molecule has 1 amide bonds. The third-order valence-electron chi connectivity index (χ3n) is 7.15. The molecule has 1 aliphatic rings. The number of hydrogen-bond acceptors (Lipinski definition) is 8. The molecule has 0 saturated carbocycles. The lowest BCUT2D eigenvalue weighted by atomic mass is 10.1. The molecule has 1 unspecified atom stereocenters. The molecule has 1 fully saturated rings. The molecule has 1 aliphatic heterocycles. The first kappa shape index (κ1) is 31.4. The third kappa shape index (κ3) is 8.99. The van der Waals surface area contributed by atoms with Gasteiger partial charge in [0.15, 0.2) is 6.61 Å². The van der Waals surface area contributed by atoms with E-state index in [0.717, 1.165) is 28.6 Å². The predicted molar refractivity (Wildman–Crippen MR) is 172 cm³/mol. The van der Waals surface area contributed by atoms with Crippen LogP contribution in [0.1, 0.15) is 23.1 Å². The maximum absolute atomic E-state index is 12.1. The predicted octanol–water partition coefficient (Wildman–Crippen LogP) is 5.18. The summed E-state index contributed by atoms with van der Waals surface area (Å²) in [5, 5.41) is 2.60. The first-order chi connectivity index (χ1) is 21.6. The molecule has 0 spiro atoms. The van der Waals surface area contributed by atoms with Crippen LogP contribution in [0.4, 0.5) is 11.4 Å². The van der Waals surface area contributed by atoms with Crippen LogP contribution < -0.4 is 24.4 Å².